The van der Waals surface area contributed by atoms with Gasteiger partial charge in [0.1, 0.15) is 23.9 Å². The van der Waals surface area contributed by atoms with Crippen LogP contribution in [0.1, 0.15) is 29.9 Å². The van der Waals surface area contributed by atoms with Crippen LogP contribution in [-0.4, -0.2) is 6.04 Å². The standard InChI is InChI=1S/C16H18BrNO2/c1-11-12(9-18-14-4-5-14)8-16(20-11)10-19-15-6-2-13(17)3-7-15/h2-3,6-8,14,18H,4-5,9-10H2,1H3. The maximum absolute atomic E-state index is 5.74. The van der Waals surface area contributed by atoms with Crippen molar-refractivity contribution < 1.29 is 9.15 Å². The zero-order valence-corrected chi connectivity index (χ0v) is 13.1. The molecule has 1 aromatic carbocycles. The van der Waals surface area contributed by atoms with Crippen molar-refractivity contribution in [1.29, 1.82) is 0 Å². The van der Waals surface area contributed by atoms with Crippen LogP contribution in [0.5, 0.6) is 5.75 Å². The van der Waals surface area contributed by atoms with Gasteiger partial charge in [0.15, 0.2) is 0 Å². The molecule has 1 saturated carbocycles. The highest BCUT2D eigenvalue weighted by Crippen LogP contribution is 2.22. The van der Waals surface area contributed by atoms with Crippen molar-refractivity contribution in [2.45, 2.75) is 39.0 Å². The summed E-state index contributed by atoms with van der Waals surface area (Å²) in [6.07, 6.45) is 2.60. The van der Waals surface area contributed by atoms with Gasteiger partial charge in [-0.15, -0.1) is 0 Å². The summed E-state index contributed by atoms with van der Waals surface area (Å²) in [5.41, 5.74) is 1.23. The fourth-order valence-corrected chi connectivity index (χ4v) is 2.33. The minimum atomic E-state index is 0.464. The Hall–Kier alpha value is -1.26. The average Bonchev–Trinajstić information content (AvgIpc) is 3.20. The number of benzene rings is 1. The lowest BCUT2D eigenvalue weighted by molar-refractivity contribution is 0.267. The van der Waals surface area contributed by atoms with E-state index in [9.17, 15) is 0 Å². The summed E-state index contributed by atoms with van der Waals surface area (Å²) in [5.74, 6) is 2.70. The lowest BCUT2D eigenvalue weighted by Crippen LogP contribution is -2.15. The molecule has 1 aliphatic carbocycles. The molecule has 0 spiro atoms. The molecule has 3 nitrogen and oxygen atoms in total. The second kappa shape index (κ2) is 6.02. The van der Waals surface area contributed by atoms with E-state index in [1.165, 1.54) is 18.4 Å². The Morgan fingerprint density at radius 3 is 2.75 bits per heavy atom. The van der Waals surface area contributed by atoms with Gasteiger partial charge < -0.3 is 14.5 Å². The number of halogens is 1. The second-order valence-corrected chi connectivity index (χ2v) is 6.11. The lowest BCUT2D eigenvalue weighted by atomic mass is 10.2. The van der Waals surface area contributed by atoms with Crippen molar-refractivity contribution in [2.75, 3.05) is 0 Å². The van der Waals surface area contributed by atoms with E-state index in [0.717, 1.165) is 28.3 Å². The molecule has 1 N–H and O–H groups in total. The van der Waals surface area contributed by atoms with Gasteiger partial charge in [0, 0.05) is 22.6 Å². The fraction of sp³-hybridized carbons (Fsp3) is 0.375. The predicted molar refractivity (Wildman–Crippen MR) is 81.8 cm³/mol. The van der Waals surface area contributed by atoms with Crippen LogP contribution in [0.15, 0.2) is 39.2 Å². The van der Waals surface area contributed by atoms with Gasteiger partial charge in [0.25, 0.3) is 0 Å². The van der Waals surface area contributed by atoms with E-state index < -0.39 is 0 Å². The largest absolute Gasteiger partial charge is 0.486 e. The molecule has 0 amide bonds. The van der Waals surface area contributed by atoms with Crippen molar-refractivity contribution in [3.63, 3.8) is 0 Å². The van der Waals surface area contributed by atoms with Crippen LogP contribution in [-0.2, 0) is 13.2 Å². The molecular formula is C16H18BrNO2. The van der Waals surface area contributed by atoms with Crippen LogP contribution >= 0.6 is 15.9 Å². The van der Waals surface area contributed by atoms with E-state index >= 15 is 0 Å². The van der Waals surface area contributed by atoms with Gasteiger partial charge in [-0.3, -0.25) is 0 Å². The van der Waals surface area contributed by atoms with Crippen molar-refractivity contribution >= 4 is 15.9 Å². The number of ether oxygens (including phenoxy) is 1. The molecule has 1 aliphatic rings. The third-order valence-corrected chi connectivity index (χ3v) is 3.95. The van der Waals surface area contributed by atoms with Gasteiger partial charge >= 0.3 is 0 Å². The van der Waals surface area contributed by atoms with Crippen LogP contribution in [0, 0.1) is 6.92 Å². The topological polar surface area (TPSA) is 34.4 Å². The minimum Gasteiger partial charge on any atom is -0.486 e. The molecule has 1 heterocycles. The summed E-state index contributed by atoms with van der Waals surface area (Å²) in [6.45, 7) is 3.36. The molecule has 0 aliphatic heterocycles. The van der Waals surface area contributed by atoms with Crippen molar-refractivity contribution in [3.05, 3.63) is 51.9 Å². The maximum Gasteiger partial charge on any atom is 0.146 e. The highest BCUT2D eigenvalue weighted by molar-refractivity contribution is 9.10. The highest BCUT2D eigenvalue weighted by atomic mass is 79.9. The van der Waals surface area contributed by atoms with Crippen molar-refractivity contribution in [2.24, 2.45) is 0 Å². The third-order valence-electron chi connectivity index (χ3n) is 3.42. The molecule has 0 unspecified atom stereocenters. The summed E-state index contributed by atoms with van der Waals surface area (Å²) < 4.78 is 12.5. The third kappa shape index (κ3) is 3.64. The fourth-order valence-electron chi connectivity index (χ4n) is 2.06. The number of furan rings is 1. The lowest BCUT2D eigenvalue weighted by Gasteiger charge is -2.03. The normalized spacial score (nSPS) is 14.5. The molecule has 3 rings (SSSR count). The summed E-state index contributed by atoms with van der Waals surface area (Å²) in [5, 5.41) is 3.50. The van der Waals surface area contributed by atoms with Crippen LogP contribution in [0.4, 0.5) is 0 Å². The number of hydrogen-bond acceptors (Lipinski definition) is 3. The Kier molecular flexibility index (Phi) is 4.13. The van der Waals surface area contributed by atoms with E-state index in [0.29, 0.717) is 12.6 Å². The molecule has 0 atom stereocenters. The quantitative estimate of drug-likeness (QED) is 0.859. The number of nitrogens with one attached hydrogen (secondary N) is 1. The first-order chi connectivity index (χ1) is 9.70. The smallest absolute Gasteiger partial charge is 0.146 e. The number of hydrogen-bond donors (Lipinski definition) is 1. The van der Waals surface area contributed by atoms with Gasteiger partial charge in [0.05, 0.1) is 0 Å². The van der Waals surface area contributed by atoms with Gasteiger partial charge in [-0.05, 0) is 50.1 Å². The Labute approximate surface area is 127 Å². The van der Waals surface area contributed by atoms with Crippen LogP contribution in [0.25, 0.3) is 0 Å². The van der Waals surface area contributed by atoms with Gasteiger partial charge in [-0.25, -0.2) is 0 Å². The molecular weight excluding hydrogens is 318 g/mol. The van der Waals surface area contributed by atoms with Crippen LogP contribution in [0.3, 0.4) is 0 Å². The summed E-state index contributed by atoms with van der Waals surface area (Å²) in [4.78, 5) is 0. The minimum absolute atomic E-state index is 0.464. The molecule has 0 bridgehead atoms. The summed E-state index contributed by atoms with van der Waals surface area (Å²) in [7, 11) is 0. The maximum atomic E-state index is 5.74. The molecule has 4 heteroatoms. The molecule has 0 saturated heterocycles. The average molecular weight is 336 g/mol. The van der Waals surface area contributed by atoms with E-state index in [4.69, 9.17) is 9.15 Å². The molecule has 0 radical (unpaired) electrons. The molecule has 20 heavy (non-hydrogen) atoms. The van der Waals surface area contributed by atoms with Gasteiger partial charge in [-0.2, -0.15) is 0 Å². The number of aryl methyl sites for hydroxylation is 1. The zero-order chi connectivity index (χ0) is 13.9. The van der Waals surface area contributed by atoms with Crippen molar-refractivity contribution in [1.82, 2.24) is 5.32 Å². The molecule has 2 aromatic rings. The first kappa shape index (κ1) is 13.7. The van der Waals surface area contributed by atoms with E-state index in [2.05, 4.69) is 27.3 Å². The Bertz CT molecular complexity index is 573. The monoisotopic (exact) mass is 335 g/mol. The van der Waals surface area contributed by atoms with Crippen LogP contribution < -0.4 is 10.1 Å². The summed E-state index contributed by atoms with van der Waals surface area (Å²) in [6, 6.07) is 10.6. The van der Waals surface area contributed by atoms with Crippen LogP contribution in [0.2, 0.25) is 0 Å². The Balaban J connectivity index is 1.56. The van der Waals surface area contributed by atoms with E-state index in [-0.39, 0.29) is 0 Å². The summed E-state index contributed by atoms with van der Waals surface area (Å²) >= 11 is 3.41. The highest BCUT2D eigenvalue weighted by Gasteiger charge is 2.20. The Morgan fingerprint density at radius 1 is 1.30 bits per heavy atom. The Morgan fingerprint density at radius 2 is 2.05 bits per heavy atom. The second-order valence-electron chi connectivity index (χ2n) is 5.19. The molecule has 1 aromatic heterocycles. The van der Waals surface area contributed by atoms with E-state index in [1.54, 1.807) is 0 Å². The molecule has 1 fully saturated rings. The number of rotatable bonds is 6. The first-order valence-corrected chi connectivity index (χ1v) is 7.70. The first-order valence-electron chi connectivity index (χ1n) is 6.90. The van der Waals surface area contributed by atoms with Gasteiger partial charge in [0.2, 0.25) is 0 Å². The zero-order valence-electron chi connectivity index (χ0n) is 11.5. The van der Waals surface area contributed by atoms with E-state index in [1.807, 2.05) is 31.2 Å². The SMILES string of the molecule is Cc1oc(COc2ccc(Br)cc2)cc1CNC1CC1. The van der Waals surface area contributed by atoms with Crippen molar-refractivity contribution in [3.8, 4) is 5.75 Å². The molecule has 106 valence electrons. The van der Waals surface area contributed by atoms with Gasteiger partial charge in [-0.1, -0.05) is 15.9 Å². The predicted octanol–water partition coefficient (Wildman–Crippen LogP) is 4.18.